The lowest BCUT2D eigenvalue weighted by molar-refractivity contribution is -0.133. The Morgan fingerprint density at radius 3 is 1.76 bits per heavy atom. The Labute approximate surface area is 293 Å². The second-order valence-electron chi connectivity index (χ2n) is 13.7. The zero-order chi connectivity index (χ0) is 35.2. The molecular formula is C38H48N8O4. The summed E-state index contributed by atoms with van der Waals surface area (Å²) < 4.78 is 0. The Morgan fingerprint density at radius 1 is 0.800 bits per heavy atom. The number of aromatic amines is 2. The number of hydrogen-bond acceptors (Lipinski definition) is 6. The number of rotatable bonds is 13. The van der Waals surface area contributed by atoms with Crippen molar-refractivity contribution in [1.82, 2.24) is 40.4 Å². The number of aromatic nitrogens is 4. The van der Waals surface area contributed by atoms with Gasteiger partial charge >= 0.3 is 6.09 Å². The molecule has 2 saturated heterocycles. The number of carbonyl (C=O) groups excluding carboxylic acids is 2. The number of carbonyl (C=O) groups is 3. The van der Waals surface area contributed by atoms with Crippen molar-refractivity contribution in [3.8, 4) is 33.6 Å². The summed E-state index contributed by atoms with van der Waals surface area (Å²) >= 11 is 0. The summed E-state index contributed by atoms with van der Waals surface area (Å²) in [6.07, 6.45) is 7.49. The van der Waals surface area contributed by atoms with E-state index in [0.717, 1.165) is 83.9 Å². The predicted molar refractivity (Wildman–Crippen MR) is 192 cm³/mol. The molecule has 264 valence electrons. The fraction of sp³-hybridized carbons (Fsp3) is 0.447. The average Bonchev–Trinajstić information content (AvgIpc) is 3.96. The van der Waals surface area contributed by atoms with E-state index >= 15 is 0 Å². The molecule has 2 aromatic heterocycles. The van der Waals surface area contributed by atoms with E-state index in [1.807, 2.05) is 29.1 Å². The third-order valence-electron chi connectivity index (χ3n) is 10.0. The normalized spacial score (nSPS) is 18.7. The highest BCUT2D eigenvalue weighted by molar-refractivity contribution is 5.79. The van der Waals surface area contributed by atoms with E-state index < -0.39 is 6.09 Å². The molecule has 0 bridgehead atoms. The van der Waals surface area contributed by atoms with Crippen LogP contribution >= 0.6 is 0 Å². The first-order valence-corrected chi connectivity index (χ1v) is 17.8. The van der Waals surface area contributed by atoms with Crippen LogP contribution in [-0.2, 0) is 9.59 Å². The van der Waals surface area contributed by atoms with Crippen LogP contribution in [0.3, 0.4) is 0 Å². The Balaban J connectivity index is 1.07. The molecule has 12 nitrogen and oxygen atoms in total. The third-order valence-corrected chi connectivity index (χ3v) is 10.0. The van der Waals surface area contributed by atoms with Gasteiger partial charge in [-0.05, 0) is 67.2 Å². The molecule has 2 aliphatic rings. The molecule has 6 rings (SSSR count). The molecule has 12 heteroatoms. The molecule has 0 saturated carbocycles. The number of amides is 3. The molecular weight excluding hydrogens is 632 g/mol. The predicted octanol–water partition coefficient (Wildman–Crippen LogP) is 6.14. The summed E-state index contributed by atoms with van der Waals surface area (Å²) in [4.78, 5) is 56.9. The number of carboxylic acid groups (broad SMARTS) is 1. The number of H-pyrrole nitrogens is 2. The Kier molecular flexibility index (Phi) is 11.0. The maximum atomic E-state index is 13.1. The van der Waals surface area contributed by atoms with Gasteiger partial charge in [-0.2, -0.15) is 0 Å². The second-order valence-corrected chi connectivity index (χ2v) is 13.7. The molecule has 5 N–H and O–H groups in total. The number of likely N-dealkylation sites (tertiary alicyclic amines) is 2. The molecule has 2 fully saturated rings. The van der Waals surface area contributed by atoms with Crippen LogP contribution < -0.4 is 10.6 Å². The smallest absolute Gasteiger partial charge is 0.404 e. The van der Waals surface area contributed by atoms with Gasteiger partial charge < -0.3 is 35.5 Å². The standard InChI is InChI=1S/C38H48N8O4/c1-4-25(3)39-23-35(48)46-18-6-8-33(46)37-41-22-31(44-37)29-15-11-27(12-16-29)26-9-13-28(14-10-26)30-21-40-36(43-30)32-7-5-17-45(32)34(47)19-24(2)20-42-38(49)50/h9-16,21-22,24-25,32-33,39,42H,4-8,17-20,23H2,1-3H3,(H,40,43)(H,41,44)(H,49,50)/t24?,25?,32-,33-/m0/s1. The van der Waals surface area contributed by atoms with Gasteiger partial charge in [0.25, 0.3) is 0 Å². The van der Waals surface area contributed by atoms with Crippen LogP contribution in [0.1, 0.15) is 83.0 Å². The lowest BCUT2D eigenvalue weighted by Gasteiger charge is -2.24. The molecule has 0 radical (unpaired) electrons. The van der Waals surface area contributed by atoms with Crippen LogP contribution in [0.4, 0.5) is 4.79 Å². The zero-order valence-corrected chi connectivity index (χ0v) is 29.1. The maximum absolute atomic E-state index is 13.1. The first kappa shape index (κ1) is 34.9. The Hall–Kier alpha value is -4.97. The third kappa shape index (κ3) is 8.07. The first-order valence-electron chi connectivity index (χ1n) is 17.8. The van der Waals surface area contributed by atoms with Gasteiger partial charge in [0.05, 0.1) is 42.4 Å². The number of nitrogens with zero attached hydrogens (tertiary/aromatic N) is 4. The van der Waals surface area contributed by atoms with Crippen molar-refractivity contribution >= 4 is 17.9 Å². The summed E-state index contributed by atoms with van der Waals surface area (Å²) in [6.45, 7) is 8.11. The molecule has 4 atom stereocenters. The fourth-order valence-electron chi connectivity index (χ4n) is 6.95. The molecule has 4 aromatic rings. The van der Waals surface area contributed by atoms with E-state index in [9.17, 15) is 14.4 Å². The van der Waals surface area contributed by atoms with Crippen molar-refractivity contribution in [2.45, 2.75) is 77.4 Å². The van der Waals surface area contributed by atoms with Crippen molar-refractivity contribution < 1.29 is 19.5 Å². The van der Waals surface area contributed by atoms with E-state index in [1.54, 1.807) is 0 Å². The van der Waals surface area contributed by atoms with E-state index in [2.05, 4.69) is 92.9 Å². The van der Waals surface area contributed by atoms with E-state index in [-0.39, 0.29) is 42.8 Å². The van der Waals surface area contributed by atoms with Crippen LogP contribution in [-0.4, -0.2) is 85.0 Å². The molecule has 2 unspecified atom stereocenters. The molecule has 2 aliphatic heterocycles. The van der Waals surface area contributed by atoms with Crippen LogP contribution in [0.2, 0.25) is 0 Å². The summed E-state index contributed by atoms with van der Waals surface area (Å²) in [6, 6.07) is 16.9. The summed E-state index contributed by atoms with van der Waals surface area (Å²) in [5.41, 5.74) is 6.06. The van der Waals surface area contributed by atoms with Gasteiger partial charge in [-0.25, -0.2) is 14.8 Å². The van der Waals surface area contributed by atoms with Crippen LogP contribution in [0, 0.1) is 5.92 Å². The highest BCUT2D eigenvalue weighted by Crippen LogP contribution is 2.34. The summed E-state index contributed by atoms with van der Waals surface area (Å²) in [5.74, 6) is 1.66. The van der Waals surface area contributed by atoms with Crippen molar-refractivity contribution in [1.29, 1.82) is 0 Å². The minimum Gasteiger partial charge on any atom is -0.465 e. The SMILES string of the molecule is CCC(C)NCC(=O)N1CCC[C@H]1c1ncc(-c2ccc(-c3ccc(-c4cnc([C@@H]5CCCN5C(=O)CC(C)CNC(=O)O)[nH]4)cc3)cc2)[nH]1. The largest absolute Gasteiger partial charge is 0.465 e. The molecule has 3 amide bonds. The Bertz CT molecular complexity index is 1770. The lowest BCUT2D eigenvalue weighted by Crippen LogP contribution is -2.40. The van der Waals surface area contributed by atoms with Crippen LogP contribution in [0.15, 0.2) is 60.9 Å². The van der Waals surface area contributed by atoms with Gasteiger partial charge in [0.1, 0.15) is 11.6 Å². The highest BCUT2D eigenvalue weighted by Gasteiger charge is 2.33. The fourth-order valence-corrected chi connectivity index (χ4v) is 6.95. The highest BCUT2D eigenvalue weighted by atomic mass is 16.4. The topological polar surface area (TPSA) is 159 Å². The van der Waals surface area contributed by atoms with Crippen molar-refractivity contribution in [2.24, 2.45) is 5.92 Å². The lowest BCUT2D eigenvalue weighted by atomic mass is 10.0. The van der Waals surface area contributed by atoms with Gasteiger partial charge in [-0.1, -0.05) is 62.4 Å². The van der Waals surface area contributed by atoms with Crippen LogP contribution in [0.5, 0.6) is 0 Å². The van der Waals surface area contributed by atoms with Gasteiger partial charge in [0.2, 0.25) is 11.8 Å². The van der Waals surface area contributed by atoms with Crippen LogP contribution in [0.25, 0.3) is 33.6 Å². The summed E-state index contributed by atoms with van der Waals surface area (Å²) in [5, 5.41) is 14.5. The van der Waals surface area contributed by atoms with Gasteiger partial charge in [0, 0.05) is 32.1 Å². The minimum absolute atomic E-state index is 0.0195. The monoisotopic (exact) mass is 680 g/mol. The molecule has 0 spiro atoms. The molecule has 0 aliphatic carbocycles. The van der Waals surface area contributed by atoms with Gasteiger partial charge in [-0.3, -0.25) is 9.59 Å². The minimum atomic E-state index is -1.08. The average molecular weight is 681 g/mol. The van der Waals surface area contributed by atoms with Gasteiger partial charge in [-0.15, -0.1) is 0 Å². The maximum Gasteiger partial charge on any atom is 0.404 e. The Morgan fingerprint density at radius 2 is 1.28 bits per heavy atom. The zero-order valence-electron chi connectivity index (χ0n) is 29.1. The number of imidazole rings is 2. The number of benzene rings is 2. The van der Waals surface area contributed by atoms with E-state index in [1.165, 1.54) is 0 Å². The van der Waals surface area contributed by atoms with E-state index in [4.69, 9.17) is 5.11 Å². The van der Waals surface area contributed by atoms with Crippen molar-refractivity contribution in [2.75, 3.05) is 26.2 Å². The molecule has 50 heavy (non-hydrogen) atoms. The van der Waals surface area contributed by atoms with Crippen molar-refractivity contribution in [3.63, 3.8) is 0 Å². The van der Waals surface area contributed by atoms with Crippen molar-refractivity contribution in [3.05, 3.63) is 72.6 Å². The first-order chi connectivity index (χ1) is 24.2. The quantitative estimate of drug-likeness (QED) is 0.113. The molecule has 2 aromatic carbocycles. The summed E-state index contributed by atoms with van der Waals surface area (Å²) in [7, 11) is 0. The second kappa shape index (κ2) is 15.7. The number of nitrogens with one attached hydrogen (secondary N) is 4. The van der Waals surface area contributed by atoms with Gasteiger partial charge in [0.15, 0.2) is 0 Å². The van der Waals surface area contributed by atoms with E-state index in [0.29, 0.717) is 19.1 Å². The molecule has 4 heterocycles. The number of hydrogen-bond donors (Lipinski definition) is 5.